The molecular weight excluding hydrogens is 344 g/mol. The molecule has 0 aromatic rings. The van der Waals surface area contributed by atoms with Gasteiger partial charge in [-0.05, 0) is 12.8 Å². The van der Waals surface area contributed by atoms with Crippen molar-refractivity contribution in [1.29, 1.82) is 0 Å². The minimum Gasteiger partial charge on any atom is -0.550 e. The van der Waals surface area contributed by atoms with Crippen LogP contribution in [0.5, 0.6) is 0 Å². The zero-order valence-electron chi connectivity index (χ0n) is 10.4. The topological polar surface area (TPSA) is 209 Å². The normalized spacial score (nSPS) is 11.1. The smallest absolute Gasteiger partial charge is 0.550 e. The Morgan fingerprint density at radius 2 is 1.29 bits per heavy atom. The Morgan fingerprint density at radius 1 is 0.952 bits per heavy atom. The zero-order chi connectivity index (χ0) is 16.5. The van der Waals surface area contributed by atoms with Gasteiger partial charge >= 0.3 is 49.7 Å². The summed E-state index contributed by atoms with van der Waals surface area (Å²) >= 11 is 0. The van der Waals surface area contributed by atoms with Crippen molar-refractivity contribution in [2.24, 2.45) is 0 Å². The summed E-state index contributed by atoms with van der Waals surface area (Å²) in [7, 11) is -4.84. The van der Waals surface area contributed by atoms with Crippen LogP contribution in [0.1, 0.15) is 19.3 Å². The van der Waals surface area contributed by atoms with Gasteiger partial charge in [-0.1, -0.05) is 0 Å². The minimum atomic E-state index is -4.84. The van der Waals surface area contributed by atoms with Crippen molar-refractivity contribution in [3.8, 4) is 0 Å². The summed E-state index contributed by atoms with van der Waals surface area (Å²) in [5.41, 5.74) is 0. The summed E-state index contributed by atoms with van der Waals surface area (Å²) in [4.78, 5) is 39.0. The first-order chi connectivity index (χ1) is 8.87. The summed E-state index contributed by atoms with van der Waals surface area (Å²) in [5, 5.41) is 32.9. The van der Waals surface area contributed by atoms with E-state index < -0.39 is 58.5 Å². The van der Waals surface area contributed by atoms with E-state index >= 15 is 0 Å². The second kappa shape index (κ2) is 11.7. The molecule has 0 aliphatic heterocycles. The van der Waals surface area contributed by atoms with Gasteiger partial charge in [-0.25, -0.2) is 0 Å². The number of hydrogen-bond acceptors (Lipinski definition) is 8. The first-order valence-electron chi connectivity index (χ1n) is 4.68. The molecule has 0 fully saturated rings. The molecule has 0 saturated carbocycles. The van der Waals surface area contributed by atoms with Gasteiger partial charge < -0.3 is 30.0 Å². The van der Waals surface area contributed by atoms with Crippen LogP contribution < -0.4 is 10.2 Å². The standard InChI is InChI=1S/C4H6O7S.C4H6O4.Ca/c5-3(6)1-2(4(7)8)12(9,10)11;5-3(6)1-2-4(7)8;/h2H,1H2,(H,5,6)(H,7,8)(H,9,10,11);1-2H2,(H,5,6)(H,7,8);/q;;+2/p-2. The van der Waals surface area contributed by atoms with E-state index in [0.717, 1.165) is 0 Å². The summed E-state index contributed by atoms with van der Waals surface area (Å²) in [6.45, 7) is 0. The Balaban J connectivity index is -0.000000317. The van der Waals surface area contributed by atoms with Crippen molar-refractivity contribution in [1.82, 2.24) is 0 Å². The molecule has 0 bridgehead atoms. The SMILES string of the molecule is O=C(O)CC(C(=O)O)S(=O)(=O)O.O=C([O-])CCC(=O)[O-].[Ca+2]. The Bertz CT molecular complexity index is 468. The molecule has 0 rings (SSSR count). The maximum atomic E-state index is 10.2. The monoisotopic (exact) mass is 354 g/mol. The van der Waals surface area contributed by atoms with Crippen molar-refractivity contribution >= 4 is 71.7 Å². The maximum Gasteiger partial charge on any atom is 2.00 e. The van der Waals surface area contributed by atoms with E-state index in [1.807, 2.05) is 0 Å². The number of carboxylic acid groups (broad SMARTS) is 4. The van der Waals surface area contributed by atoms with Crippen LogP contribution in [0.3, 0.4) is 0 Å². The summed E-state index contributed by atoms with van der Waals surface area (Å²) in [6.07, 6.45) is -2.10. The number of aliphatic carboxylic acids is 4. The number of rotatable bonds is 7. The number of hydrogen-bond donors (Lipinski definition) is 3. The number of carbonyl (C=O) groups excluding carboxylic acids is 2. The largest absolute Gasteiger partial charge is 2.00 e. The van der Waals surface area contributed by atoms with E-state index in [0.29, 0.717) is 0 Å². The van der Waals surface area contributed by atoms with Crippen molar-refractivity contribution in [3.63, 3.8) is 0 Å². The molecule has 0 amide bonds. The fraction of sp³-hybridized carbons (Fsp3) is 0.500. The molecule has 0 saturated heterocycles. The molecule has 0 aliphatic rings. The van der Waals surface area contributed by atoms with Crippen LogP contribution in [0.15, 0.2) is 0 Å². The summed E-state index contributed by atoms with van der Waals surface area (Å²) in [5.74, 6) is -6.23. The maximum absolute atomic E-state index is 10.2. The molecule has 0 aromatic heterocycles. The molecule has 11 nitrogen and oxygen atoms in total. The summed E-state index contributed by atoms with van der Waals surface area (Å²) < 4.78 is 28.7. The van der Waals surface area contributed by atoms with Gasteiger partial charge in [-0.2, -0.15) is 8.42 Å². The molecular formula is C8H10CaO11S. The molecule has 0 aromatic carbocycles. The van der Waals surface area contributed by atoms with Gasteiger partial charge in [0.1, 0.15) is 0 Å². The predicted octanol–water partition coefficient (Wildman–Crippen LogP) is -4.31. The fourth-order valence-corrected chi connectivity index (χ4v) is 1.29. The first kappa shape index (κ1) is 25.0. The van der Waals surface area contributed by atoms with Gasteiger partial charge in [-0.15, -0.1) is 0 Å². The van der Waals surface area contributed by atoms with E-state index in [4.69, 9.17) is 14.8 Å². The molecule has 0 heterocycles. The van der Waals surface area contributed by atoms with Crippen LogP contribution in [-0.2, 0) is 29.3 Å². The van der Waals surface area contributed by atoms with Crippen LogP contribution >= 0.6 is 0 Å². The van der Waals surface area contributed by atoms with Crippen LogP contribution in [-0.4, -0.2) is 90.0 Å². The molecule has 0 aliphatic carbocycles. The van der Waals surface area contributed by atoms with Crippen molar-refractivity contribution in [2.75, 3.05) is 0 Å². The molecule has 0 radical (unpaired) electrons. The second-order valence-corrected chi connectivity index (χ2v) is 4.78. The van der Waals surface area contributed by atoms with Crippen molar-refractivity contribution < 1.29 is 52.6 Å². The third kappa shape index (κ3) is 17.0. The van der Waals surface area contributed by atoms with Gasteiger partial charge in [0, 0.05) is 11.9 Å². The molecule has 1 atom stereocenters. The van der Waals surface area contributed by atoms with Crippen molar-refractivity contribution in [3.05, 3.63) is 0 Å². The third-order valence-electron chi connectivity index (χ3n) is 1.53. The molecule has 21 heavy (non-hydrogen) atoms. The number of carbonyl (C=O) groups is 4. The first-order valence-corrected chi connectivity index (χ1v) is 6.18. The van der Waals surface area contributed by atoms with Gasteiger partial charge in [-0.3, -0.25) is 14.1 Å². The average Bonchev–Trinajstić information content (AvgIpc) is 2.22. The number of carboxylic acids is 4. The zero-order valence-corrected chi connectivity index (χ0v) is 13.4. The van der Waals surface area contributed by atoms with Gasteiger partial charge in [0.05, 0.1) is 6.42 Å². The van der Waals surface area contributed by atoms with Gasteiger partial charge in [0.25, 0.3) is 10.1 Å². The predicted molar refractivity (Wildman–Crippen MR) is 60.2 cm³/mol. The van der Waals surface area contributed by atoms with E-state index in [2.05, 4.69) is 0 Å². The Kier molecular flexibility index (Phi) is 13.9. The third-order valence-corrected chi connectivity index (χ3v) is 2.62. The fourth-order valence-electron chi connectivity index (χ4n) is 0.683. The molecule has 1 unspecified atom stereocenters. The minimum absolute atomic E-state index is 0. The second-order valence-electron chi connectivity index (χ2n) is 3.18. The van der Waals surface area contributed by atoms with Crippen molar-refractivity contribution in [2.45, 2.75) is 24.5 Å². The van der Waals surface area contributed by atoms with E-state index in [1.54, 1.807) is 0 Å². The van der Waals surface area contributed by atoms with Gasteiger partial charge in [0.15, 0.2) is 5.25 Å². The quantitative estimate of drug-likeness (QED) is 0.294. The van der Waals surface area contributed by atoms with Crippen LogP contribution in [0.2, 0.25) is 0 Å². The molecule has 0 spiro atoms. The van der Waals surface area contributed by atoms with Crippen LogP contribution in [0.4, 0.5) is 0 Å². The Morgan fingerprint density at radius 3 is 1.38 bits per heavy atom. The van der Waals surface area contributed by atoms with E-state index in [9.17, 15) is 37.8 Å². The van der Waals surface area contributed by atoms with Crippen LogP contribution in [0.25, 0.3) is 0 Å². The van der Waals surface area contributed by atoms with Gasteiger partial charge in [0.2, 0.25) is 0 Å². The molecule has 13 heteroatoms. The average molecular weight is 354 g/mol. The van der Waals surface area contributed by atoms with Crippen LogP contribution in [0, 0.1) is 0 Å². The Hall–Kier alpha value is -0.950. The molecule has 116 valence electrons. The Labute approximate surface area is 148 Å². The summed E-state index contributed by atoms with van der Waals surface area (Å²) in [6, 6.07) is 0. The van der Waals surface area contributed by atoms with E-state index in [1.165, 1.54) is 0 Å². The molecule has 3 N–H and O–H groups in total. The van der Waals surface area contributed by atoms with E-state index in [-0.39, 0.29) is 37.7 Å².